The Morgan fingerprint density at radius 3 is 2.45 bits per heavy atom. The van der Waals surface area contributed by atoms with Crippen LogP contribution in [-0.4, -0.2) is 56.4 Å². The minimum atomic E-state index is -4.29. The molecule has 1 aromatic carbocycles. The van der Waals surface area contributed by atoms with Gasteiger partial charge in [0.25, 0.3) is 0 Å². The first-order valence-electron chi connectivity index (χ1n) is 9.86. The normalized spacial score (nSPS) is 17.8. The molecule has 29 heavy (non-hydrogen) atoms. The summed E-state index contributed by atoms with van der Waals surface area (Å²) in [7, 11) is 0. The Balaban J connectivity index is 0.00000420. The van der Waals surface area contributed by atoms with E-state index in [1.807, 2.05) is 19.1 Å². The largest absolute Gasteiger partial charge is 0.411 e. The molecule has 1 heterocycles. The van der Waals surface area contributed by atoms with Gasteiger partial charge in [0, 0.05) is 19.6 Å². The van der Waals surface area contributed by atoms with Gasteiger partial charge in [-0.2, -0.15) is 13.2 Å². The maximum Gasteiger partial charge on any atom is 0.411 e. The second-order valence-corrected chi connectivity index (χ2v) is 7.05. The third kappa shape index (κ3) is 10.5. The van der Waals surface area contributed by atoms with Crippen molar-refractivity contribution in [2.45, 2.75) is 39.6 Å². The summed E-state index contributed by atoms with van der Waals surface area (Å²) in [5.74, 6) is 1.43. The summed E-state index contributed by atoms with van der Waals surface area (Å²) in [6.45, 7) is 8.52. The van der Waals surface area contributed by atoms with E-state index in [0.717, 1.165) is 44.2 Å². The van der Waals surface area contributed by atoms with Gasteiger partial charge in [-0.3, -0.25) is 0 Å². The molecule has 1 aromatic rings. The van der Waals surface area contributed by atoms with E-state index >= 15 is 0 Å². The van der Waals surface area contributed by atoms with Crippen molar-refractivity contribution in [1.29, 1.82) is 0 Å². The average molecular weight is 528 g/mol. The summed E-state index contributed by atoms with van der Waals surface area (Å²) in [5.41, 5.74) is 1.71. The van der Waals surface area contributed by atoms with Crippen molar-refractivity contribution in [2.75, 3.05) is 39.3 Å². The van der Waals surface area contributed by atoms with Crippen LogP contribution in [0.3, 0.4) is 0 Å². The molecule has 5 nitrogen and oxygen atoms in total. The molecule has 1 aliphatic rings. The molecule has 0 radical (unpaired) electrons. The Morgan fingerprint density at radius 2 is 1.86 bits per heavy atom. The second-order valence-electron chi connectivity index (χ2n) is 7.05. The Bertz CT molecular complexity index is 611. The molecule has 1 atom stereocenters. The number of likely N-dealkylation sites (tertiary alicyclic amines) is 1. The number of nitrogens with one attached hydrogen (secondary N) is 2. The van der Waals surface area contributed by atoms with Crippen LogP contribution in [0.15, 0.2) is 29.3 Å². The van der Waals surface area contributed by atoms with Crippen LogP contribution in [0.5, 0.6) is 0 Å². The van der Waals surface area contributed by atoms with Gasteiger partial charge in [0.1, 0.15) is 6.61 Å². The lowest BCUT2D eigenvalue weighted by Crippen LogP contribution is -2.40. The van der Waals surface area contributed by atoms with Crippen molar-refractivity contribution in [3.8, 4) is 0 Å². The van der Waals surface area contributed by atoms with E-state index in [2.05, 4.69) is 32.2 Å². The Hall–Kier alpha value is -1.07. The Labute approximate surface area is 188 Å². The summed E-state index contributed by atoms with van der Waals surface area (Å²) in [6.07, 6.45) is -3.09. The molecular formula is C20H32F3IN4O. The lowest BCUT2D eigenvalue weighted by molar-refractivity contribution is -0.176. The van der Waals surface area contributed by atoms with Gasteiger partial charge in [0.15, 0.2) is 5.96 Å². The van der Waals surface area contributed by atoms with Gasteiger partial charge in [-0.05, 0) is 43.5 Å². The monoisotopic (exact) mass is 528 g/mol. The summed E-state index contributed by atoms with van der Waals surface area (Å²) >= 11 is 0. The lowest BCUT2D eigenvalue weighted by atomic mass is 10.1. The number of rotatable bonds is 9. The molecule has 1 fully saturated rings. The Kier molecular flexibility index (Phi) is 11.9. The molecule has 2 rings (SSSR count). The fourth-order valence-electron chi connectivity index (χ4n) is 3.15. The smallest absolute Gasteiger partial charge is 0.367 e. The second kappa shape index (κ2) is 13.3. The van der Waals surface area contributed by atoms with Crippen LogP contribution in [0, 0.1) is 5.92 Å². The number of guanidine groups is 1. The molecule has 0 amide bonds. The van der Waals surface area contributed by atoms with Crippen molar-refractivity contribution >= 4 is 29.9 Å². The maximum absolute atomic E-state index is 12.1. The van der Waals surface area contributed by atoms with Crippen molar-refractivity contribution in [3.63, 3.8) is 0 Å². The standard InChI is InChI=1S/C20H31F3N4O.HI/c1-3-24-19(26-12-18-9-10-27(4-2)13-18)25-11-16-5-7-17(8-6-16)14-28-15-20(21,22)23;/h5-8,18H,3-4,9-15H2,1-2H3,(H2,24,25,26);1H. The first-order valence-corrected chi connectivity index (χ1v) is 9.86. The van der Waals surface area contributed by atoms with Crippen molar-refractivity contribution in [3.05, 3.63) is 35.4 Å². The quantitative estimate of drug-likeness (QED) is 0.291. The first-order chi connectivity index (χ1) is 13.4. The molecule has 1 saturated heterocycles. The summed E-state index contributed by atoms with van der Waals surface area (Å²) in [5, 5.41) is 6.67. The van der Waals surface area contributed by atoms with E-state index in [1.54, 1.807) is 12.1 Å². The van der Waals surface area contributed by atoms with E-state index < -0.39 is 12.8 Å². The van der Waals surface area contributed by atoms with Crippen LogP contribution in [0.25, 0.3) is 0 Å². The molecule has 0 bridgehead atoms. The minimum Gasteiger partial charge on any atom is -0.367 e. The van der Waals surface area contributed by atoms with Gasteiger partial charge in [-0.1, -0.05) is 31.2 Å². The van der Waals surface area contributed by atoms with E-state index in [4.69, 9.17) is 0 Å². The molecule has 0 aromatic heterocycles. The minimum absolute atomic E-state index is 0. The van der Waals surface area contributed by atoms with E-state index in [9.17, 15) is 13.2 Å². The van der Waals surface area contributed by atoms with Crippen LogP contribution >= 0.6 is 24.0 Å². The molecule has 0 saturated carbocycles. The zero-order valence-corrected chi connectivity index (χ0v) is 19.4. The highest BCUT2D eigenvalue weighted by molar-refractivity contribution is 14.0. The molecule has 1 aliphatic heterocycles. The number of aliphatic imine (C=N–C) groups is 1. The first kappa shape index (κ1) is 26.0. The van der Waals surface area contributed by atoms with Crippen molar-refractivity contribution in [2.24, 2.45) is 10.9 Å². The number of ether oxygens (including phenoxy) is 1. The number of alkyl halides is 3. The zero-order valence-electron chi connectivity index (χ0n) is 17.1. The Morgan fingerprint density at radius 1 is 1.17 bits per heavy atom. The summed E-state index contributed by atoms with van der Waals surface area (Å²) in [6, 6.07) is 7.30. The topological polar surface area (TPSA) is 48.9 Å². The highest BCUT2D eigenvalue weighted by atomic mass is 127. The molecule has 166 valence electrons. The van der Waals surface area contributed by atoms with Gasteiger partial charge < -0.3 is 20.3 Å². The molecule has 0 aliphatic carbocycles. The van der Waals surface area contributed by atoms with Crippen LogP contribution in [0.2, 0.25) is 0 Å². The fourth-order valence-corrected chi connectivity index (χ4v) is 3.15. The third-order valence-corrected chi connectivity index (χ3v) is 4.70. The summed E-state index contributed by atoms with van der Waals surface area (Å²) in [4.78, 5) is 7.06. The highest BCUT2D eigenvalue weighted by Gasteiger charge is 2.27. The van der Waals surface area contributed by atoms with Crippen LogP contribution in [0.1, 0.15) is 31.4 Å². The lowest BCUT2D eigenvalue weighted by Gasteiger charge is -2.16. The van der Waals surface area contributed by atoms with Gasteiger partial charge in [0.2, 0.25) is 0 Å². The fraction of sp³-hybridized carbons (Fsp3) is 0.650. The number of benzene rings is 1. The number of hydrogen-bond donors (Lipinski definition) is 2. The zero-order chi connectivity index (χ0) is 20.4. The number of nitrogens with zero attached hydrogens (tertiary/aromatic N) is 2. The molecular weight excluding hydrogens is 496 g/mol. The van der Waals surface area contributed by atoms with Gasteiger partial charge in [-0.15, -0.1) is 24.0 Å². The highest BCUT2D eigenvalue weighted by Crippen LogP contribution is 2.16. The molecule has 2 N–H and O–H groups in total. The summed E-state index contributed by atoms with van der Waals surface area (Å²) < 4.78 is 41.0. The van der Waals surface area contributed by atoms with Crippen molar-refractivity contribution < 1.29 is 17.9 Å². The van der Waals surface area contributed by atoms with E-state index in [1.165, 1.54) is 6.42 Å². The molecule has 9 heteroatoms. The van der Waals surface area contributed by atoms with Gasteiger partial charge in [-0.25, -0.2) is 4.99 Å². The molecule has 1 unspecified atom stereocenters. The van der Waals surface area contributed by atoms with E-state index in [-0.39, 0.29) is 30.6 Å². The third-order valence-electron chi connectivity index (χ3n) is 4.70. The number of halogens is 4. The predicted octanol–water partition coefficient (Wildman–Crippen LogP) is 3.78. The van der Waals surface area contributed by atoms with Crippen LogP contribution < -0.4 is 10.6 Å². The SMILES string of the molecule is CCNC(=NCc1ccc(COCC(F)(F)F)cc1)NCC1CCN(CC)C1.I. The van der Waals surface area contributed by atoms with E-state index in [0.29, 0.717) is 18.0 Å². The number of hydrogen-bond acceptors (Lipinski definition) is 3. The predicted molar refractivity (Wildman–Crippen MR) is 121 cm³/mol. The van der Waals surface area contributed by atoms with Crippen molar-refractivity contribution in [1.82, 2.24) is 15.5 Å². The van der Waals surface area contributed by atoms with Gasteiger partial charge >= 0.3 is 6.18 Å². The maximum atomic E-state index is 12.1. The molecule has 0 spiro atoms. The van der Waals surface area contributed by atoms with Crippen LogP contribution in [0.4, 0.5) is 13.2 Å². The van der Waals surface area contributed by atoms with Gasteiger partial charge in [0.05, 0.1) is 13.2 Å². The van der Waals surface area contributed by atoms with Crippen LogP contribution in [-0.2, 0) is 17.9 Å². The average Bonchev–Trinajstić information content (AvgIpc) is 3.12.